The van der Waals surface area contributed by atoms with Crippen LogP contribution in [0.15, 0.2) is 48.8 Å². The smallest absolute Gasteiger partial charge is 0.318 e. The van der Waals surface area contributed by atoms with Crippen molar-refractivity contribution in [1.82, 2.24) is 15.2 Å². The molecule has 0 fully saturated rings. The minimum Gasteiger partial charge on any atom is -0.334 e. The molecule has 2 rings (SSSR count). The van der Waals surface area contributed by atoms with E-state index >= 15 is 0 Å². The van der Waals surface area contributed by atoms with E-state index in [1.807, 2.05) is 6.07 Å². The molecule has 0 aliphatic rings. The van der Waals surface area contributed by atoms with Crippen molar-refractivity contribution in [3.05, 3.63) is 65.7 Å². The van der Waals surface area contributed by atoms with Gasteiger partial charge in [0.2, 0.25) is 0 Å². The van der Waals surface area contributed by atoms with Gasteiger partial charge in [-0.25, -0.2) is 9.18 Å². The number of terminal acetylenes is 1. The number of hydrogen-bond acceptors (Lipinski definition) is 2. The van der Waals surface area contributed by atoms with Gasteiger partial charge < -0.3 is 10.2 Å². The van der Waals surface area contributed by atoms with Crippen LogP contribution in [0.3, 0.4) is 0 Å². The minimum absolute atomic E-state index is 0.177. The van der Waals surface area contributed by atoms with Crippen LogP contribution in [-0.2, 0) is 13.1 Å². The highest BCUT2D eigenvalue weighted by Crippen LogP contribution is 2.07. The third-order valence-electron chi connectivity index (χ3n) is 3.02. The number of carbonyl (C=O) groups excluding carboxylic acids is 1. The molecular weight excluding hydrogens is 281 g/mol. The number of nitrogens with one attached hydrogen (secondary N) is 1. The first kappa shape index (κ1) is 15.5. The molecule has 0 saturated carbocycles. The number of halogens is 1. The molecule has 1 heterocycles. The summed E-state index contributed by atoms with van der Waals surface area (Å²) in [5.74, 6) is 2.15. The maximum absolute atomic E-state index is 12.9. The van der Waals surface area contributed by atoms with Crippen molar-refractivity contribution in [2.24, 2.45) is 0 Å². The fourth-order valence-electron chi connectivity index (χ4n) is 1.91. The quantitative estimate of drug-likeness (QED) is 0.862. The van der Waals surface area contributed by atoms with Crippen molar-refractivity contribution in [3.8, 4) is 12.3 Å². The third-order valence-corrected chi connectivity index (χ3v) is 3.02. The normalized spacial score (nSPS) is 9.82. The van der Waals surface area contributed by atoms with Gasteiger partial charge in [-0.15, -0.1) is 6.42 Å². The third kappa shape index (κ3) is 4.60. The molecule has 2 aromatic rings. The first-order valence-electron chi connectivity index (χ1n) is 6.78. The number of urea groups is 1. The van der Waals surface area contributed by atoms with Crippen LogP contribution in [0.4, 0.5) is 9.18 Å². The van der Waals surface area contributed by atoms with Gasteiger partial charge in [0.25, 0.3) is 0 Å². The van der Waals surface area contributed by atoms with E-state index in [0.29, 0.717) is 13.1 Å². The Kier molecular flexibility index (Phi) is 5.50. The van der Waals surface area contributed by atoms with Gasteiger partial charge in [0.05, 0.1) is 6.54 Å². The summed E-state index contributed by atoms with van der Waals surface area (Å²) in [7, 11) is 0. The van der Waals surface area contributed by atoms with Gasteiger partial charge in [0.1, 0.15) is 5.82 Å². The van der Waals surface area contributed by atoms with Gasteiger partial charge in [-0.3, -0.25) is 4.98 Å². The van der Waals surface area contributed by atoms with Crippen LogP contribution in [0.5, 0.6) is 0 Å². The number of rotatable bonds is 5. The van der Waals surface area contributed by atoms with Gasteiger partial charge in [0.15, 0.2) is 0 Å². The zero-order chi connectivity index (χ0) is 15.8. The van der Waals surface area contributed by atoms with E-state index < -0.39 is 0 Å². The van der Waals surface area contributed by atoms with Crippen molar-refractivity contribution in [2.45, 2.75) is 13.1 Å². The Bertz CT molecular complexity index is 650. The van der Waals surface area contributed by atoms with Crippen molar-refractivity contribution in [2.75, 3.05) is 6.54 Å². The predicted octanol–water partition coefficient (Wildman–Crippen LogP) is 2.57. The molecule has 0 saturated heterocycles. The zero-order valence-electron chi connectivity index (χ0n) is 12.0. The lowest BCUT2D eigenvalue weighted by Crippen LogP contribution is -2.39. The average molecular weight is 297 g/mol. The first-order chi connectivity index (χ1) is 10.7. The first-order valence-corrected chi connectivity index (χ1v) is 6.78. The maximum atomic E-state index is 12.9. The summed E-state index contributed by atoms with van der Waals surface area (Å²) in [6.45, 7) is 0.872. The van der Waals surface area contributed by atoms with Gasteiger partial charge >= 0.3 is 6.03 Å². The summed E-state index contributed by atoms with van der Waals surface area (Å²) >= 11 is 0. The number of carbonyl (C=O) groups is 1. The summed E-state index contributed by atoms with van der Waals surface area (Å²) in [6, 6.07) is 9.39. The van der Waals surface area contributed by atoms with E-state index in [-0.39, 0.29) is 18.4 Å². The largest absolute Gasteiger partial charge is 0.334 e. The van der Waals surface area contributed by atoms with Crippen LogP contribution in [0.25, 0.3) is 0 Å². The monoisotopic (exact) mass is 297 g/mol. The highest BCUT2D eigenvalue weighted by molar-refractivity contribution is 5.74. The number of aromatic nitrogens is 1. The summed E-state index contributed by atoms with van der Waals surface area (Å²) in [5.41, 5.74) is 1.71. The molecule has 0 spiro atoms. The Morgan fingerprint density at radius 3 is 2.68 bits per heavy atom. The summed E-state index contributed by atoms with van der Waals surface area (Å²) in [6.07, 6.45) is 8.67. The Hall–Kier alpha value is -2.87. The molecule has 0 atom stereocenters. The zero-order valence-corrected chi connectivity index (χ0v) is 12.0. The lowest BCUT2D eigenvalue weighted by atomic mass is 10.2. The molecule has 2 amide bonds. The topological polar surface area (TPSA) is 45.2 Å². The van der Waals surface area contributed by atoms with Crippen molar-refractivity contribution in [1.29, 1.82) is 0 Å². The number of amides is 2. The van der Waals surface area contributed by atoms with Crippen LogP contribution in [-0.4, -0.2) is 22.5 Å². The van der Waals surface area contributed by atoms with Crippen LogP contribution in [0.2, 0.25) is 0 Å². The van der Waals surface area contributed by atoms with Crippen LogP contribution in [0.1, 0.15) is 11.1 Å². The van der Waals surface area contributed by atoms with Gasteiger partial charge in [0, 0.05) is 25.5 Å². The van der Waals surface area contributed by atoms with Crippen LogP contribution < -0.4 is 5.32 Å². The SMILES string of the molecule is C#CCN(Cc1ccc(F)cc1)C(=O)NCc1cccnc1. The molecule has 5 heteroatoms. The number of benzene rings is 1. The fraction of sp³-hybridized carbons (Fsp3) is 0.176. The van der Waals surface area contributed by atoms with E-state index in [2.05, 4.69) is 16.2 Å². The molecule has 0 aliphatic carbocycles. The number of hydrogen-bond donors (Lipinski definition) is 1. The maximum Gasteiger partial charge on any atom is 0.318 e. The Morgan fingerprint density at radius 2 is 2.05 bits per heavy atom. The van der Waals surface area contributed by atoms with Crippen molar-refractivity contribution < 1.29 is 9.18 Å². The van der Waals surface area contributed by atoms with Crippen LogP contribution >= 0.6 is 0 Å². The second kappa shape index (κ2) is 7.79. The van der Waals surface area contributed by atoms with E-state index in [0.717, 1.165) is 11.1 Å². The highest BCUT2D eigenvalue weighted by Gasteiger charge is 2.12. The summed E-state index contributed by atoms with van der Waals surface area (Å²) in [4.78, 5) is 17.7. The molecule has 0 radical (unpaired) electrons. The molecule has 1 aromatic heterocycles. The number of nitrogens with zero attached hydrogens (tertiary/aromatic N) is 2. The molecular formula is C17H16FN3O. The Balaban J connectivity index is 1.96. The fourth-order valence-corrected chi connectivity index (χ4v) is 1.91. The van der Waals surface area contributed by atoms with Crippen molar-refractivity contribution in [3.63, 3.8) is 0 Å². The number of pyridine rings is 1. The second-order valence-corrected chi connectivity index (χ2v) is 4.71. The Labute approximate surface area is 129 Å². The highest BCUT2D eigenvalue weighted by atomic mass is 19.1. The molecule has 0 bridgehead atoms. The van der Waals surface area contributed by atoms with E-state index in [9.17, 15) is 9.18 Å². The molecule has 1 aromatic carbocycles. The molecule has 4 nitrogen and oxygen atoms in total. The van der Waals surface area contributed by atoms with Gasteiger partial charge in [-0.1, -0.05) is 24.1 Å². The van der Waals surface area contributed by atoms with Crippen molar-refractivity contribution >= 4 is 6.03 Å². The van der Waals surface area contributed by atoms with Gasteiger partial charge in [-0.05, 0) is 29.3 Å². The molecule has 0 unspecified atom stereocenters. The van der Waals surface area contributed by atoms with E-state index in [4.69, 9.17) is 6.42 Å². The summed E-state index contributed by atoms with van der Waals surface area (Å²) < 4.78 is 12.9. The lowest BCUT2D eigenvalue weighted by molar-refractivity contribution is 0.201. The molecule has 112 valence electrons. The van der Waals surface area contributed by atoms with Gasteiger partial charge in [-0.2, -0.15) is 0 Å². The predicted molar refractivity (Wildman–Crippen MR) is 82.1 cm³/mol. The average Bonchev–Trinajstić information content (AvgIpc) is 2.55. The molecule has 22 heavy (non-hydrogen) atoms. The van der Waals surface area contributed by atoms with E-state index in [1.165, 1.54) is 17.0 Å². The summed E-state index contributed by atoms with van der Waals surface area (Å²) in [5, 5.41) is 2.79. The lowest BCUT2D eigenvalue weighted by Gasteiger charge is -2.21. The molecule has 1 N–H and O–H groups in total. The molecule has 0 aliphatic heterocycles. The van der Waals surface area contributed by atoms with E-state index in [1.54, 1.807) is 30.6 Å². The minimum atomic E-state index is -0.312. The standard InChI is InChI=1S/C17H16FN3O/c1-2-10-21(13-14-5-7-16(18)8-6-14)17(22)20-12-15-4-3-9-19-11-15/h1,3-9,11H,10,12-13H2,(H,20,22). The van der Waals surface area contributed by atoms with Crippen LogP contribution in [0, 0.1) is 18.2 Å². The Morgan fingerprint density at radius 1 is 1.27 bits per heavy atom. The second-order valence-electron chi connectivity index (χ2n) is 4.71.